The summed E-state index contributed by atoms with van der Waals surface area (Å²) in [4.78, 5) is 35.8. The molecule has 1 aromatic rings. The fourth-order valence-corrected chi connectivity index (χ4v) is 2.03. The molecule has 7 nitrogen and oxygen atoms in total. The highest BCUT2D eigenvalue weighted by Gasteiger charge is 2.19. The Morgan fingerprint density at radius 2 is 1.78 bits per heavy atom. The number of hydrogen-bond donors (Lipinski definition) is 1. The number of hydrogen-bond acceptors (Lipinski definition) is 4. The zero-order chi connectivity index (χ0) is 17.6. The van der Waals surface area contributed by atoms with Crippen molar-refractivity contribution in [2.24, 2.45) is 0 Å². The van der Waals surface area contributed by atoms with E-state index in [0.717, 1.165) is 0 Å². The average molecular weight is 321 g/mol. The highest BCUT2D eigenvalue weighted by atomic mass is 16.6. The first-order valence-electron chi connectivity index (χ1n) is 7.44. The van der Waals surface area contributed by atoms with Crippen LogP contribution in [0.5, 0.6) is 0 Å². The molecular formula is C16H23N3O4. The minimum absolute atomic E-state index is 0.000412. The number of nitro benzene ring substituents is 1. The summed E-state index contributed by atoms with van der Waals surface area (Å²) in [5.74, 6) is -0.401. The molecule has 0 atom stereocenters. The molecule has 1 rings (SSSR count). The average Bonchev–Trinajstić information content (AvgIpc) is 2.43. The lowest BCUT2D eigenvalue weighted by Gasteiger charge is -2.25. The van der Waals surface area contributed by atoms with Crippen LogP contribution >= 0.6 is 0 Å². The molecule has 0 aromatic heterocycles. The molecule has 0 fully saturated rings. The lowest BCUT2D eigenvalue weighted by Crippen LogP contribution is -2.47. The smallest absolute Gasteiger partial charge is 0.269 e. The molecular weight excluding hydrogens is 298 g/mol. The third kappa shape index (κ3) is 6.46. The van der Waals surface area contributed by atoms with Crippen LogP contribution < -0.4 is 5.32 Å². The SMILES string of the molecule is CCN(CC(=O)NC(C)(C)C)C(=O)Cc1ccc([N+](=O)[O-])cc1. The topological polar surface area (TPSA) is 92.6 Å². The predicted octanol–water partition coefficient (Wildman–Crippen LogP) is 1.90. The van der Waals surface area contributed by atoms with Gasteiger partial charge in [-0.1, -0.05) is 12.1 Å². The van der Waals surface area contributed by atoms with E-state index in [0.29, 0.717) is 12.1 Å². The molecule has 0 aliphatic heterocycles. The molecule has 0 unspecified atom stereocenters. The van der Waals surface area contributed by atoms with Gasteiger partial charge in [0.05, 0.1) is 17.9 Å². The van der Waals surface area contributed by atoms with Crippen molar-refractivity contribution in [3.63, 3.8) is 0 Å². The molecule has 0 aliphatic carbocycles. The van der Waals surface area contributed by atoms with Crippen LogP contribution in [0.4, 0.5) is 5.69 Å². The van der Waals surface area contributed by atoms with E-state index < -0.39 is 4.92 Å². The summed E-state index contributed by atoms with van der Waals surface area (Å²) >= 11 is 0. The van der Waals surface area contributed by atoms with E-state index in [1.165, 1.54) is 17.0 Å². The van der Waals surface area contributed by atoms with Gasteiger partial charge in [0.25, 0.3) is 5.69 Å². The predicted molar refractivity (Wildman–Crippen MR) is 87.0 cm³/mol. The van der Waals surface area contributed by atoms with E-state index >= 15 is 0 Å². The van der Waals surface area contributed by atoms with Gasteiger partial charge in [-0.25, -0.2) is 0 Å². The van der Waals surface area contributed by atoms with Gasteiger partial charge in [-0.2, -0.15) is 0 Å². The van der Waals surface area contributed by atoms with E-state index in [9.17, 15) is 19.7 Å². The minimum atomic E-state index is -0.485. The van der Waals surface area contributed by atoms with E-state index in [4.69, 9.17) is 0 Å². The number of non-ortho nitro benzene ring substituents is 1. The first kappa shape index (κ1) is 18.6. The summed E-state index contributed by atoms with van der Waals surface area (Å²) in [5.41, 5.74) is 0.311. The lowest BCUT2D eigenvalue weighted by molar-refractivity contribution is -0.384. The Bertz CT molecular complexity index is 576. The van der Waals surface area contributed by atoms with E-state index in [-0.39, 0.29) is 36.0 Å². The van der Waals surface area contributed by atoms with Gasteiger partial charge in [-0.15, -0.1) is 0 Å². The Hall–Kier alpha value is -2.44. The molecule has 126 valence electrons. The number of likely N-dealkylation sites (N-methyl/N-ethyl adjacent to an activating group) is 1. The Balaban J connectivity index is 2.66. The van der Waals surface area contributed by atoms with Crippen molar-refractivity contribution in [3.8, 4) is 0 Å². The minimum Gasteiger partial charge on any atom is -0.350 e. The third-order valence-corrected chi connectivity index (χ3v) is 3.09. The number of carbonyl (C=O) groups is 2. The number of nitrogens with zero attached hydrogens (tertiary/aromatic N) is 2. The second kappa shape index (κ2) is 7.71. The number of amides is 2. The molecule has 0 bridgehead atoms. The monoisotopic (exact) mass is 321 g/mol. The van der Waals surface area contributed by atoms with Gasteiger partial charge in [0.2, 0.25) is 11.8 Å². The van der Waals surface area contributed by atoms with Crippen molar-refractivity contribution in [1.29, 1.82) is 0 Å². The number of nitro groups is 1. The molecule has 23 heavy (non-hydrogen) atoms. The van der Waals surface area contributed by atoms with Gasteiger partial charge in [0.15, 0.2) is 0 Å². The maximum atomic E-state index is 12.3. The van der Waals surface area contributed by atoms with Crippen LogP contribution in [-0.2, 0) is 16.0 Å². The van der Waals surface area contributed by atoms with Gasteiger partial charge in [0.1, 0.15) is 0 Å². The standard InChI is InChI=1S/C16H23N3O4/c1-5-18(11-14(20)17-16(2,3)4)15(21)10-12-6-8-13(9-7-12)19(22)23/h6-9H,5,10-11H2,1-4H3,(H,17,20). The first-order chi connectivity index (χ1) is 10.6. The molecule has 0 aliphatic rings. The number of rotatable bonds is 6. The van der Waals surface area contributed by atoms with E-state index in [2.05, 4.69) is 5.32 Å². The number of nitrogens with one attached hydrogen (secondary N) is 1. The molecule has 7 heteroatoms. The fraction of sp³-hybridized carbons (Fsp3) is 0.500. The molecule has 1 N–H and O–H groups in total. The van der Waals surface area contributed by atoms with Gasteiger partial charge < -0.3 is 10.2 Å². The second-order valence-corrected chi connectivity index (χ2v) is 6.31. The normalized spacial score (nSPS) is 11.0. The first-order valence-corrected chi connectivity index (χ1v) is 7.44. The summed E-state index contributed by atoms with van der Waals surface area (Å²) in [7, 11) is 0. The highest BCUT2D eigenvalue weighted by molar-refractivity contribution is 5.86. The Morgan fingerprint density at radius 3 is 2.22 bits per heavy atom. The molecule has 0 radical (unpaired) electrons. The maximum Gasteiger partial charge on any atom is 0.269 e. The van der Waals surface area contributed by atoms with Crippen LogP contribution in [0, 0.1) is 10.1 Å². The number of carbonyl (C=O) groups excluding carboxylic acids is 2. The molecule has 0 spiro atoms. The van der Waals surface area contributed by atoms with Crippen molar-refractivity contribution < 1.29 is 14.5 Å². The molecule has 1 aromatic carbocycles. The van der Waals surface area contributed by atoms with Gasteiger partial charge in [-0.3, -0.25) is 19.7 Å². The van der Waals surface area contributed by atoms with Gasteiger partial charge in [0, 0.05) is 24.2 Å². The summed E-state index contributed by atoms with van der Waals surface area (Å²) in [6.45, 7) is 7.85. The van der Waals surface area contributed by atoms with Crippen molar-refractivity contribution in [2.45, 2.75) is 39.7 Å². The third-order valence-electron chi connectivity index (χ3n) is 3.09. The fourth-order valence-electron chi connectivity index (χ4n) is 2.03. The maximum absolute atomic E-state index is 12.3. The molecule has 0 saturated heterocycles. The number of benzene rings is 1. The Kier molecular flexibility index (Phi) is 6.24. The zero-order valence-electron chi connectivity index (χ0n) is 14.0. The van der Waals surface area contributed by atoms with Crippen LogP contribution in [0.1, 0.15) is 33.3 Å². The van der Waals surface area contributed by atoms with Crippen molar-refractivity contribution in [3.05, 3.63) is 39.9 Å². The van der Waals surface area contributed by atoms with Crippen LogP contribution in [0.15, 0.2) is 24.3 Å². The van der Waals surface area contributed by atoms with Crippen molar-refractivity contribution >= 4 is 17.5 Å². The quantitative estimate of drug-likeness (QED) is 0.640. The largest absolute Gasteiger partial charge is 0.350 e. The zero-order valence-corrected chi connectivity index (χ0v) is 14.0. The summed E-state index contributed by atoms with van der Waals surface area (Å²) in [5, 5.41) is 13.4. The summed E-state index contributed by atoms with van der Waals surface area (Å²) in [6, 6.07) is 5.84. The van der Waals surface area contributed by atoms with Crippen molar-refractivity contribution in [1.82, 2.24) is 10.2 Å². The second-order valence-electron chi connectivity index (χ2n) is 6.31. The van der Waals surface area contributed by atoms with Crippen LogP contribution in [0.3, 0.4) is 0 Å². The molecule has 2 amide bonds. The summed E-state index contributed by atoms with van der Waals surface area (Å²) < 4.78 is 0. The van der Waals surface area contributed by atoms with Crippen LogP contribution in [-0.4, -0.2) is 40.3 Å². The van der Waals surface area contributed by atoms with E-state index in [1.807, 2.05) is 20.8 Å². The Morgan fingerprint density at radius 1 is 1.22 bits per heavy atom. The highest BCUT2D eigenvalue weighted by Crippen LogP contribution is 2.13. The lowest BCUT2D eigenvalue weighted by atomic mass is 10.1. The summed E-state index contributed by atoms with van der Waals surface area (Å²) in [6.07, 6.45) is 0.106. The van der Waals surface area contributed by atoms with Crippen molar-refractivity contribution in [2.75, 3.05) is 13.1 Å². The molecule has 0 saturated carbocycles. The van der Waals surface area contributed by atoms with Gasteiger partial charge in [-0.05, 0) is 33.3 Å². The van der Waals surface area contributed by atoms with Crippen LogP contribution in [0.2, 0.25) is 0 Å². The molecule has 0 heterocycles. The van der Waals surface area contributed by atoms with Crippen LogP contribution in [0.25, 0.3) is 0 Å². The van der Waals surface area contributed by atoms with E-state index in [1.54, 1.807) is 19.1 Å². The Labute approximate surface area is 135 Å². The van der Waals surface area contributed by atoms with Gasteiger partial charge >= 0.3 is 0 Å².